The molecule has 0 aliphatic heterocycles. The number of ether oxygens (including phenoxy) is 1. The van der Waals surface area contributed by atoms with Gasteiger partial charge in [-0.3, -0.25) is 10.1 Å². The van der Waals surface area contributed by atoms with E-state index in [4.69, 9.17) is 4.74 Å². The van der Waals surface area contributed by atoms with E-state index in [0.717, 1.165) is 10.8 Å². The smallest absolute Gasteiger partial charge is 0.236 e. The second-order valence-corrected chi connectivity index (χ2v) is 8.88. The van der Waals surface area contributed by atoms with Crippen LogP contribution in [0.3, 0.4) is 0 Å². The van der Waals surface area contributed by atoms with Crippen LogP contribution in [0.25, 0.3) is 0 Å². The molecule has 2 heterocycles. The van der Waals surface area contributed by atoms with Crippen LogP contribution < -0.4 is 5.32 Å². The summed E-state index contributed by atoms with van der Waals surface area (Å²) in [6.45, 7) is 8.91. The normalized spacial score (nSPS) is 12.1. The van der Waals surface area contributed by atoms with Crippen molar-refractivity contribution in [2.75, 3.05) is 18.2 Å². The number of nitrogens with one attached hydrogen (secondary N) is 1. The number of thioether (sulfide) groups is 2. The predicted octanol–water partition coefficient (Wildman–Crippen LogP) is 3.08. The van der Waals surface area contributed by atoms with Crippen LogP contribution in [0.2, 0.25) is 0 Å². The van der Waals surface area contributed by atoms with Gasteiger partial charge < -0.3 is 9.30 Å². The lowest BCUT2D eigenvalue weighted by Gasteiger charge is -2.06. The topological polar surface area (TPSA) is 94.8 Å². The van der Waals surface area contributed by atoms with Crippen molar-refractivity contribution in [3.63, 3.8) is 0 Å². The third-order valence-corrected chi connectivity index (χ3v) is 6.40. The number of hydrogen-bond acceptors (Lipinski definition) is 9. The summed E-state index contributed by atoms with van der Waals surface area (Å²) in [5.74, 6) is 0.745. The Labute approximate surface area is 165 Å². The highest BCUT2D eigenvalue weighted by Crippen LogP contribution is 2.30. The molecule has 2 rings (SSSR count). The minimum absolute atomic E-state index is 0.160. The van der Waals surface area contributed by atoms with Crippen LogP contribution in [0, 0.1) is 0 Å². The Balaban J connectivity index is 1.90. The number of methoxy groups -OCH3 is 1. The summed E-state index contributed by atoms with van der Waals surface area (Å²) in [5, 5.41) is 20.7. The molecule has 0 saturated heterocycles. The first-order valence-corrected chi connectivity index (χ1v) is 10.7. The number of carbonyl (C=O) groups is 1. The van der Waals surface area contributed by atoms with E-state index in [9.17, 15) is 4.79 Å². The number of nitrogens with zero attached hydrogens (tertiary/aromatic N) is 5. The van der Waals surface area contributed by atoms with Crippen LogP contribution in [0.15, 0.2) is 22.2 Å². The van der Waals surface area contributed by atoms with E-state index >= 15 is 0 Å². The quantitative estimate of drug-likeness (QED) is 0.340. The summed E-state index contributed by atoms with van der Waals surface area (Å²) in [7, 11) is 1.60. The molecule has 1 amide bonds. The molecule has 142 valence electrons. The largest absolute Gasteiger partial charge is 0.377 e. The van der Waals surface area contributed by atoms with Gasteiger partial charge in [0.1, 0.15) is 6.61 Å². The summed E-state index contributed by atoms with van der Waals surface area (Å²) in [6.07, 6.45) is 2.81. The molecule has 0 radical (unpaired) electrons. The third kappa shape index (κ3) is 6.08. The van der Waals surface area contributed by atoms with Crippen LogP contribution in [0.1, 0.15) is 26.1 Å². The molecule has 0 aliphatic rings. The van der Waals surface area contributed by atoms with Crippen molar-refractivity contribution >= 4 is 45.9 Å². The van der Waals surface area contributed by atoms with Crippen molar-refractivity contribution in [2.24, 2.45) is 0 Å². The van der Waals surface area contributed by atoms with Gasteiger partial charge in [0.05, 0.1) is 5.75 Å². The average molecular weight is 415 g/mol. The molecule has 0 aromatic carbocycles. The minimum Gasteiger partial charge on any atom is -0.377 e. The number of carbonyl (C=O) groups excluding carboxylic acids is 1. The number of hydrogen-bond donors (Lipinski definition) is 1. The maximum Gasteiger partial charge on any atom is 0.236 e. The lowest BCUT2D eigenvalue weighted by Crippen LogP contribution is -2.14. The van der Waals surface area contributed by atoms with Gasteiger partial charge in [-0.15, -0.1) is 27.0 Å². The molecule has 0 fully saturated rings. The first-order chi connectivity index (χ1) is 12.6. The van der Waals surface area contributed by atoms with Gasteiger partial charge in [0.15, 0.2) is 15.3 Å². The van der Waals surface area contributed by atoms with E-state index in [2.05, 4.69) is 46.1 Å². The fourth-order valence-corrected chi connectivity index (χ4v) is 4.60. The Morgan fingerprint density at radius 1 is 1.42 bits per heavy atom. The Bertz CT molecular complexity index is 733. The number of anilines is 1. The highest BCUT2D eigenvalue weighted by molar-refractivity contribution is 8.01. The molecular formula is C15H22N6O2S3. The first kappa shape index (κ1) is 20.9. The summed E-state index contributed by atoms with van der Waals surface area (Å²) in [4.78, 5) is 12.2. The Morgan fingerprint density at radius 3 is 2.92 bits per heavy atom. The Hall–Kier alpha value is -1.43. The van der Waals surface area contributed by atoms with Gasteiger partial charge in [-0.2, -0.15) is 0 Å². The fraction of sp³-hybridized carbons (Fsp3) is 0.533. The van der Waals surface area contributed by atoms with Gasteiger partial charge in [0.2, 0.25) is 11.0 Å². The van der Waals surface area contributed by atoms with Crippen molar-refractivity contribution in [1.29, 1.82) is 0 Å². The molecule has 0 aliphatic carbocycles. The van der Waals surface area contributed by atoms with Crippen molar-refractivity contribution in [3.05, 3.63) is 18.5 Å². The zero-order valence-electron chi connectivity index (χ0n) is 15.0. The maximum atomic E-state index is 12.2. The zero-order valence-corrected chi connectivity index (χ0v) is 17.4. The first-order valence-electron chi connectivity index (χ1n) is 8.02. The molecule has 1 atom stereocenters. The van der Waals surface area contributed by atoms with Crippen molar-refractivity contribution in [3.8, 4) is 0 Å². The molecule has 11 heteroatoms. The minimum atomic E-state index is -0.160. The third-order valence-electron chi connectivity index (χ3n) is 3.24. The molecule has 1 N–H and O–H groups in total. The SMILES string of the molecule is C=CCn1c(COC)nnc1SCC(=O)Nc1nnc(SC(C)CC)s1. The lowest BCUT2D eigenvalue weighted by molar-refractivity contribution is -0.113. The van der Waals surface area contributed by atoms with Crippen LogP contribution in [0.4, 0.5) is 5.13 Å². The number of aromatic nitrogens is 5. The van der Waals surface area contributed by atoms with E-state index in [0.29, 0.717) is 34.5 Å². The van der Waals surface area contributed by atoms with Crippen molar-refractivity contribution in [1.82, 2.24) is 25.0 Å². The van der Waals surface area contributed by atoms with Crippen LogP contribution in [-0.4, -0.2) is 49.0 Å². The van der Waals surface area contributed by atoms with Crippen molar-refractivity contribution < 1.29 is 9.53 Å². The lowest BCUT2D eigenvalue weighted by atomic mass is 10.4. The molecular weight excluding hydrogens is 392 g/mol. The molecule has 2 aromatic heterocycles. The second kappa shape index (κ2) is 10.7. The van der Waals surface area contributed by atoms with Crippen molar-refractivity contribution in [2.45, 2.75) is 48.2 Å². The van der Waals surface area contributed by atoms with Crippen LogP contribution in [-0.2, 0) is 22.7 Å². The van der Waals surface area contributed by atoms with Gasteiger partial charge in [-0.25, -0.2) is 0 Å². The zero-order chi connectivity index (χ0) is 18.9. The molecule has 26 heavy (non-hydrogen) atoms. The standard InChI is InChI=1S/C15H22N6O2S3/c1-5-7-21-11(8-23-4)17-19-14(21)24-9-12(22)16-13-18-20-15(26-13)25-10(3)6-2/h5,10H,1,6-9H2,2-4H3,(H,16,18,22). The number of allylic oxidation sites excluding steroid dienone is 1. The summed E-state index contributed by atoms with van der Waals surface area (Å²) in [6, 6.07) is 0. The van der Waals surface area contributed by atoms with E-state index in [1.54, 1.807) is 24.9 Å². The highest BCUT2D eigenvalue weighted by atomic mass is 32.2. The van der Waals surface area contributed by atoms with E-state index in [1.165, 1.54) is 23.1 Å². The van der Waals surface area contributed by atoms with Gasteiger partial charge in [0.25, 0.3) is 0 Å². The van der Waals surface area contributed by atoms with Gasteiger partial charge in [0, 0.05) is 18.9 Å². The number of amides is 1. The average Bonchev–Trinajstić information content (AvgIpc) is 3.21. The van der Waals surface area contributed by atoms with Gasteiger partial charge in [-0.1, -0.05) is 54.8 Å². The van der Waals surface area contributed by atoms with E-state index in [-0.39, 0.29) is 11.7 Å². The summed E-state index contributed by atoms with van der Waals surface area (Å²) in [5.41, 5.74) is 0. The Morgan fingerprint density at radius 2 is 2.23 bits per heavy atom. The van der Waals surface area contributed by atoms with Gasteiger partial charge in [-0.05, 0) is 6.42 Å². The molecule has 0 bridgehead atoms. The summed E-state index contributed by atoms with van der Waals surface area (Å²) < 4.78 is 7.84. The van der Waals surface area contributed by atoms with Crippen LogP contribution in [0.5, 0.6) is 0 Å². The second-order valence-electron chi connectivity index (χ2n) is 5.28. The fourth-order valence-electron chi connectivity index (χ4n) is 1.82. The van der Waals surface area contributed by atoms with Gasteiger partial charge >= 0.3 is 0 Å². The Kier molecular flexibility index (Phi) is 8.55. The van der Waals surface area contributed by atoms with E-state index in [1.807, 2.05) is 4.57 Å². The molecule has 1 unspecified atom stereocenters. The van der Waals surface area contributed by atoms with E-state index < -0.39 is 0 Å². The molecule has 2 aromatic rings. The monoisotopic (exact) mass is 414 g/mol. The summed E-state index contributed by atoms with van der Waals surface area (Å²) >= 11 is 4.35. The molecule has 0 saturated carbocycles. The number of rotatable bonds is 11. The molecule has 0 spiro atoms. The maximum absolute atomic E-state index is 12.2. The predicted molar refractivity (Wildman–Crippen MR) is 106 cm³/mol. The highest BCUT2D eigenvalue weighted by Gasteiger charge is 2.15. The van der Waals surface area contributed by atoms with Crippen LogP contribution >= 0.6 is 34.9 Å². The molecule has 8 nitrogen and oxygen atoms in total.